The number of carbonyl (C=O) groups is 1. The molecule has 0 aliphatic heterocycles. The zero-order chi connectivity index (χ0) is 11.5. The van der Waals surface area contributed by atoms with Crippen molar-refractivity contribution < 1.29 is 4.79 Å². The van der Waals surface area contributed by atoms with Crippen molar-refractivity contribution in [2.75, 3.05) is 0 Å². The van der Waals surface area contributed by atoms with E-state index < -0.39 is 0 Å². The number of hydrogen-bond donors (Lipinski definition) is 1. The van der Waals surface area contributed by atoms with Gasteiger partial charge in [0.05, 0.1) is 0 Å². The summed E-state index contributed by atoms with van der Waals surface area (Å²) in [6.45, 7) is 0. The third kappa shape index (κ3) is 2.92. The molecule has 4 heteroatoms. The molecular weight excluding hydrogens is 202 g/mol. The van der Waals surface area contributed by atoms with Crippen LogP contribution in [0.25, 0.3) is 0 Å². The molecule has 1 atom stereocenters. The van der Waals surface area contributed by atoms with E-state index in [9.17, 15) is 4.79 Å². The van der Waals surface area contributed by atoms with Crippen molar-refractivity contribution in [2.24, 2.45) is 18.7 Å². The summed E-state index contributed by atoms with van der Waals surface area (Å²) in [5.41, 5.74) is 7.03. The monoisotopic (exact) mass is 221 g/mol. The Balaban J connectivity index is 1.73. The number of aryl methyl sites for hydroxylation is 2. The highest BCUT2D eigenvalue weighted by Gasteiger charge is 2.29. The molecule has 1 aliphatic rings. The fraction of sp³-hybridized carbons (Fsp3) is 0.667. The standard InChI is InChI=1S/C12H19N3O/c1-15-10(6-7-14-15)4-5-11(16)8-12(13)9-2-3-9/h6-7,9,12H,2-5,8,13H2,1H3. The molecule has 0 saturated heterocycles. The van der Waals surface area contributed by atoms with Crippen LogP contribution in [-0.4, -0.2) is 21.6 Å². The Hall–Kier alpha value is -1.16. The Bertz CT molecular complexity index is 368. The zero-order valence-corrected chi connectivity index (χ0v) is 9.72. The van der Waals surface area contributed by atoms with E-state index in [1.165, 1.54) is 12.8 Å². The molecule has 4 nitrogen and oxygen atoms in total. The summed E-state index contributed by atoms with van der Waals surface area (Å²) < 4.78 is 1.81. The minimum absolute atomic E-state index is 0.0963. The summed E-state index contributed by atoms with van der Waals surface area (Å²) in [7, 11) is 1.90. The molecule has 16 heavy (non-hydrogen) atoms. The van der Waals surface area contributed by atoms with Gasteiger partial charge in [-0.15, -0.1) is 0 Å². The van der Waals surface area contributed by atoms with Crippen molar-refractivity contribution in [2.45, 2.75) is 38.1 Å². The van der Waals surface area contributed by atoms with Gasteiger partial charge in [0.2, 0.25) is 0 Å². The van der Waals surface area contributed by atoms with Gasteiger partial charge < -0.3 is 5.73 Å². The van der Waals surface area contributed by atoms with E-state index >= 15 is 0 Å². The molecule has 1 aromatic rings. The predicted octanol–water partition coefficient (Wildman–Crippen LogP) is 1.05. The minimum atomic E-state index is 0.0963. The second-order valence-electron chi connectivity index (χ2n) is 4.69. The SMILES string of the molecule is Cn1nccc1CCC(=O)CC(N)C1CC1. The molecule has 0 radical (unpaired) electrons. The number of hydrogen-bond acceptors (Lipinski definition) is 3. The van der Waals surface area contributed by atoms with Crippen molar-refractivity contribution >= 4 is 5.78 Å². The third-order valence-corrected chi connectivity index (χ3v) is 3.27. The molecule has 0 spiro atoms. The number of rotatable bonds is 6. The molecule has 1 saturated carbocycles. The van der Waals surface area contributed by atoms with Gasteiger partial charge in [-0.3, -0.25) is 9.48 Å². The van der Waals surface area contributed by atoms with Crippen molar-refractivity contribution in [1.29, 1.82) is 0 Å². The van der Waals surface area contributed by atoms with Crippen LogP contribution < -0.4 is 5.73 Å². The van der Waals surface area contributed by atoms with Crippen LogP contribution in [-0.2, 0) is 18.3 Å². The van der Waals surface area contributed by atoms with Gasteiger partial charge in [0.25, 0.3) is 0 Å². The van der Waals surface area contributed by atoms with Crippen molar-refractivity contribution in [3.8, 4) is 0 Å². The van der Waals surface area contributed by atoms with Crippen LogP contribution in [0.5, 0.6) is 0 Å². The Labute approximate surface area is 95.8 Å². The highest BCUT2D eigenvalue weighted by atomic mass is 16.1. The normalized spacial score (nSPS) is 17.4. The van der Waals surface area contributed by atoms with E-state index in [4.69, 9.17) is 5.73 Å². The fourth-order valence-electron chi connectivity index (χ4n) is 1.97. The molecule has 0 aromatic carbocycles. The van der Waals surface area contributed by atoms with Crippen LogP contribution in [0.2, 0.25) is 0 Å². The summed E-state index contributed by atoms with van der Waals surface area (Å²) in [4.78, 5) is 11.7. The summed E-state index contributed by atoms with van der Waals surface area (Å²) in [6.07, 6.45) is 6.07. The second-order valence-corrected chi connectivity index (χ2v) is 4.69. The number of nitrogens with zero attached hydrogens (tertiary/aromatic N) is 2. The molecule has 2 rings (SSSR count). The molecular formula is C12H19N3O. The van der Waals surface area contributed by atoms with E-state index in [1.807, 2.05) is 17.8 Å². The maximum Gasteiger partial charge on any atom is 0.134 e. The third-order valence-electron chi connectivity index (χ3n) is 3.27. The number of aromatic nitrogens is 2. The van der Waals surface area contributed by atoms with Crippen LogP contribution in [0.1, 0.15) is 31.4 Å². The summed E-state index contributed by atoms with van der Waals surface area (Å²) >= 11 is 0. The lowest BCUT2D eigenvalue weighted by Gasteiger charge is -2.08. The first-order valence-electron chi connectivity index (χ1n) is 5.91. The molecule has 1 aromatic heterocycles. The van der Waals surface area contributed by atoms with Gasteiger partial charge in [0.1, 0.15) is 5.78 Å². The number of ketones is 1. The molecule has 0 bridgehead atoms. The van der Waals surface area contributed by atoms with E-state index in [0.29, 0.717) is 18.8 Å². The van der Waals surface area contributed by atoms with Gasteiger partial charge in [-0.25, -0.2) is 0 Å². The Morgan fingerprint density at radius 2 is 2.44 bits per heavy atom. The first-order valence-corrected chi connectivity index (χ1v) is 5.91. The van der Waals surface area contributed by atoms with Crippen LogP contribution in [0.15, 0.2) is 12.3 Å². The maximum atomic E-state index is 11.7. The Morgan fingerprint density at radius 3 is 3.00 bits per heavy atom. The maximum absolute atomic E-state index is 11.7. The minimum Gasteiger partial charge on any atom is -0.327 e. The zero-order valence-electron chi connectivity index (χ0n) is 9.72. The lowest BCUT2D eigenvalue weighted by Crippen LogP contribution is -2.26. The average molecular weight is 221 g/mol. The Kier molecular flexibility index (Phi) is 3.39. The van der Waals surface area contributed by atoms with Gasteiger partial charge in [0, 0.05) is 37.8 Å². The largest absolute Gasteiger partial charge is 0.327 e. The topological polar surface area (TPSA) is 60.9 Å². The molecule has 88 valence electrons. The van der Waals surface area contributed by atoms with Gasteiger partial charge in [-0.2, -0.15) is 5.10 Å². The van der Waals surface area contributed by atoms with Crippen LogP contribution in [0.4, 0.5) is 0 Å². The molecule has 1 heterocycles. The van der Waals surface area contributed by atoms with Gasteiger partial charge in [0.15, 0.2) is 0 Å². The van der Waals surface area contributed by atoms with E-state index in [1.54, 1.807) is 6.20 Å². The average Bonchev–Trinajstić information content (AvgIpc) is 3.00. The number of Topliss-reactive ketones (excluding diaryl/α,β-unsaturated/α-hetero) is 1. The van der Waals surface area contributed by atoms with Crippen molar-refractivity contribution in [3.63, 3.8) is 0 Å². The van der Waals surface area contributed by atoms with Crippen molar-refractivity contribution in [1.82, 2.24) is 9.78 Å². The van der Waals surface area contributed by atoms with E-state index in [-0.39, 0.29) is 11.8 Å². The van der Waals surface area contributed by atoms with Crippen LogP contribution in [0.3, 0.4) is 0 Å². The number of nitrogens with two attached hydrogens (primary N) is 1. The van der Waals surface area contributed by atoms with Gasteiger partial charge >= 0.3 is 0 Å². The predicted molar refractivity (Wildman–Crippen MR) is 61.9 cm³/mol. The van der Waals surface area contributed by atoms with Gasteiger partial charge in [-0.1, -0.05) is 0 Å². The molecule has 1 fully saturated rings. The highest BCUT2D eigenvalue weighted by molar-refractivity contribution is 5.79. The second kappa shape index (κ2) is 4.78. The highest BCUT2D eigenvalue weighted by Crippen LogP contribution is 2.32. The molecule has 1 unspecified atom stereocenters. The molecule has 0 amide bonds. The van der Waals surface area contributed by atoms with E-state index in [2.05, 4.69) is 5.10 Å². The fourth-order valence-corrected chi connectivity index (χ4v) is 1.97. The lowest BCUT2D eigenvalue weighted by atomic mass is 10.0. The first kappa shape index (κ1) is 11.3. The van der Waals surface area contributed by atoms with E-state index in [0.717, 1.165) is 12.1 Å². The van der Waals surface area contributed by atoms with Crippen LogP contribution >= 0.6 is 0 Å². The number of carbonyl (C=O) groups excluding carboxylic acids is 1. The molecule has 1 aliphatic carbocycles. The lowest BCUT2D eigenvalue weighted by molar-refractivity contribution is -0.119. The quantitative estimate of drug-likeness (QED) is 0.781. The molecule has 2 N–H and O–H groups in total. The summed E-state index contributed by atoms with van der Waals surface area (Å²) in [5, 5.41) is 4.07. The summed E-state index contributed by atoms with van der Waals surface area (Å²) in [5.74, 6) is 0.890. The smallest absolute Gasteiger partial charge is 0.134 e. The summed E-state index contributed by atoms with van der Waals surface area (Å²) in [6, 6.07) is 2.05. The van der Waals surface area contributed by atoms with Gasteiger partial charge in [-0.05, 0) is 31.2 Å². The van der Waals surface area contributed by atoms with Crippen molar-refractivity contribution in [3.05, 3.63) is 18.0 Å². The first-order chi connectivity index (χ1) is 7.66. The van der Waals surface area contributed by atoms with Crippen LogP contribution in [0, 0.1) is 5.92 Å². The Morgan fingerprint density at radius 1 is 1.69 bits per heavy atom.